The molecular formula is C12H16BrNO3. The monoisotopic (exact) mass is 301 g/mol. The molecule has 0 fully saturated rings. The average Bonchev–Trinajstić information content (AvgIpc) is 2.34. The second kappa shape index (κ2) is 7.42. The van der Waals surface area contributed by atoms with Crippen LogP contribution in [0.4, 0.5) is 0 Å². The Bertz CT molecular complexity index is 353. The van der Waals surface area contributed by atoms with Crippen LogP contribution < -0.4 is 0 Å². The van der Waals surface area contributed by atoms with E-state index in [1.807, 2.05) is 12.1 Å². The molecule has 5 heteroatoms. The molecular weight excluding hydrogens is 286 g/mol. The van der Waals surface area contributed by atoms with E-state index in [1.165, 1.54) is 0 Å². The Kier molecular flexibility index (Phi) is 6.18. The van der Waals surface area contributed by atoms with E-state index in [4.69, 9.17) is 9.84 Å². The van der Waals surface area contributed by atoms with Crippen molar-refractivity contribution in [3.8, 4) is 0 Å². The number of hydrogen-bond donors (Lipinski definition) is 1. The Balaban J connectivity index is 2.72. The molecule has 0 heterocycles. The van der Waals surface area contributed by atoms with Crippen molar-refractivity contribution in [3.63, 3.8) is 0 Å². The van der Waals surface area contributed by atoms with Crippen LogP contribution in [0, 0.1) is 0 Å². The number of rotatable bonds is 6. The number of halogens is 1. The van der Waals surface area contributed by atoms with Gasteiger partial charge in [0.2, 0.25) is 0 Å². The summed E-state index contributed by atoms with van der Waals surface area (Å²) in [4.78, 5) is 13.7. The summed E-state index contributed by atoms with van der Waals surface area (Å²) in [5, 5.41) is 8.93. The zero-order valence-electron chi connectivity index (χ0n) is 9.73. The second-order valence-corrected chi connectivity index (χ2v) is 4.43. The van der Waals surface area contributed by atoms with Gasteiger partial charge >= 0.3 is 0 Å². The van der Waals surface area contributed by atoms with Gasteiger partial charge in [0.15, 0.2) is 0 Å². The Morgan fingerprint density at radius 2 is 2.00 bits per heavy atom. The Hall–Kier alpha value is -0.910. The summed E-state index contributed by atoms with van der Waals surface area (Å²) >= 11 is 3.32. The molecule has 0 unspecified atom stereocenters. The van der Waals surface area contributed by atoms with Gasteiger partial charge in [-0.3, -0.25) is 4.79 Å². The van der Waals surface area contributed by atoms with Crippen LogP contribution in [0.25, 0.3) is 0 Å². The van der Waals surface area contributed by atoms with E-state index in [0.29, 0.717) is 25.3 Å². The first kappa shape index (κ1) is 14.2. The van der Waals surface area contributed by atoms with Crippen molar-refractivity contribution in [2.24, 2.45) is 0 Å². The lowest BCUT2D eigenvalue weighted by molar-refractivity contribution is 0.0656. The standard InChI is InChI=1S/C12H16BrNO3/c1-17-9-7-14(6-8-15)12(16)10-2-4-11(13)5-3-10/h2-5,15H,6-9H2,1H3. The minimum absolute atomic E-state index is 0.0496. The van der Waals surface area contributed by atoms with Crippen molar-refractivity contribution in [1.82, 2.24) is 4.90 Å². The van der Waals surface area contributed by atoms with Gasteiger partial charge in [0.25, 0.3) is 5.91 Å². The summed E-state index contributed by atoms with van der Waals surface area (Å²) in [7, 11) is 1.58. The summed E-state index contributed by atoms with van der Waals surface area (Å²) in [6.45, 7) is 1.21. The lowest BCUT2D eigenvalue weighted by Gasteiger charge is -2.21. The molecule has 0 aromatic heterocycles. The molecule has 0 saturated carbocycles. The molecule has 1 rings (SSSR count). The number of carbonyl (C=O) groups excluding carboxylic acids is 1. The van der Waals surface area contributed by atoms with Crippen LogP contribution in [-0.2, 0) is 4.74 Å². The van der Waals surface area contributed by atoms with Gasteiger partial charge in [-0.2, -0.15) is 0 Å². The van der Waals surface area contributed by atoms with E-state index in [2.05, 4.69) is 15.9 Å². The maximum absolute atomic E-state index is 12.1. The predicted molar refractivity (Wildman–Crippen MR) is 69.0 cm³/mol. The fourth-order valence-corrected chi connectivity index (χ4v) is 1.68. The molecule has 0 radical (unpaired) electrons. The van der Waals surface area contributed by atoms with Crippen LogP contribution in [0.2, 0.25) is 0 Å². The van der Waals surface area contributed by atoms with E-state index >= 15 is 0 Å². The van der Waals surface area contributed by atoms with Gasteiger partial charge in [0.1, 0.15) is 0 Å². The zero-order chi connectivity index (χ0) is 12.7. The molecule has 1 amide bonds. The highest BCUT2D eigenvalue weighted by molar-refractivity contribution is 9.10. The van der Waals surface area contributed by atoms with Crippen molar-refractivity contribution in [3.05, 3.63) is 34.3 Å². The highest BCUT2D eigenvalue weighted by Gasteiger charge is 2.14. The molecule has 1 aromatic rings. The van der Waals surface area contributed by atoms with Crippen molar-refractivity contribution < 1.29 is 14.6 Å². The first-order chi connectivity index (χ1) is 8.19. The number of nitrogens with zero attached hydrogens (tertiary/aromatic N) is 1. The molecule has 1 N–H and O–H groups in total. The number of aliphatic hydroxyl groups is 1. The second-order valence-electron chi connectivity index (χ2n) is 3.52. The molecule has 0 atom stereocenters. The summed E-state index contributed by atoms with van der Waals surface area (Å²) < 4.78 is 5.87. The number of benzene rings is 1. The van der Waals surface area contributed by atoms with Gasteiger partial charge in [-0.05, 0) is 24.3 Å². The van der Waals surface area contributed by atoms with Crippen LogP contribution in [0.1, 0.15) is 10.4 Å². The number of carbonyl (C=O) groups is 1. The lowest BCUT2D eigenvalue weighted by atomic mass is 10.2. The number of ether oxygens (including phenoxy) is 1. The molecule has 94 valence electrons. The molecule has 0 aliphatic heterocycles. The fraction of sp³-hybridized carbons (Fsp3) is 0.417. The highest BCUT2D eigenvalue weighted by atomic mass is 79.9. The fourth-order valence-electron chi connectivity index (χ4n) is 1.41. The van der Waals surface area contributed by atoms with Crippen LogP contribution in [0.15, 0.2) is 28.7 Å². The average molecular weight is 302 g/mol. The maximum Gasteiger partial charge on any atom is 0.254 e. The third-order valence-electron chi connectivity index (χ3n) is 2.31. The lowest BCUT2D eigenvalue weighted by Crippen LogP contribution is -2.36. The smallest absolute Gasteiger partial charge is 0.254 e. The van der Waals surface area contributed by atoms with Gasteiger partial charge in [-0.1, -0.05) is 15.9 Å². The van der Waals surface area contributed by atoms with Crippen molar-refractivity contribution >= 4 is 21.8 Å². The van der Waals surface area contributed by atoms with Crippen LogP contribution >= 0.6 is 15.9 Å². The third-order valence-corrected chi connectivity index (χ3v) is 2.84. The van der Waals surface area contributed by atoms with E-state index in [9.17, 15) is 4.79 Å². The zero-order valence-corrected chi connectivity index (χ0v) is 11.3. The van der Waals surface area contributed by atoms with E-state index in [0.717, 1.165) is 4.47 Å². The largest absolute Gasteiger partial charge is 0.395 e. The maximum atomic E-state index is 12.1. The molecule has 0 spiro atoms. The molecule has 1 aromatic carbocycles. The summed E-state index contributed by atoms with van der Waals surface area (Å²) in [5.74, 6) is -0.0939. The van der Waals surface area contributed by atoms with Crippen molar-refractivity contribution in [1.29, 1.82) is 0 Å². The van der Waals surface area contributed by atoms with Gasteiger partial charge in [-0.25, -0.2) is 0 Å². The van der Waals surface area contributed by atoms with Gasteiger partial charge in [-0.15, -0.1) is 0 Å². The summed E-state index contributed by atoms with van der Waals surface area (Å²) in [5.41, 5.74) is 0.609. The SMILES string of the molecule is COCCN(CCO)C(=O)c1ccc(Br)cc1. The molecule has 17 heavy (non-hydrogen) atoms. The summed E-state index contributed by atoms with van der Waals surface area (Å²) in [6, 6.07) is 7.15. The van der Waals surface area contributed by atoms with E-state index in [1.54, 1.807) is 24.1 Å². The Labute approximate surface area is 109 Å². The minimum Gasteiger partial charge on any atom is -0.395 e. The quantitative estimate of drug-likeness (QED) is 0.867. The molecule has 0 bridgehead atoms. The molecule has 4 nitrogen and oxygen atoms in total. The van der Waals surface area contributed by atoms with E-state index < -0.39 is 0 Å². The van der Waals surface area contributed by atoms with Gasteiger partial charge < -0.3 is 14.7 Å². The predicted octanol–water partition coefficient (Wildman–Crippen LogP) is 1.53. The van der Waals surface area contributed by atoms with Crippen molar-refractivity contribution in [2.45, 2.75) is 0 Å². The Morgan fingerprint density at radius 3 is 2.53 bits per heavy atom. The van der Waals surface area contributed by atoms with Crippen LogP contribution in [0.3, 0.4) is 0 Å². The highest BCUT2D eigenvalue weighted by Crippen LogP contribution is 2.12. The number of amides is 1. The van der Waals surface area contributed by atoms with Crippen LogP contribution in [0.5, 0.6) is 0 Å². The first-order valence-electron chi connectivity index (χ1n) is 5.33. The minimum atomic E-state index is -0.0939. The normalized spacial score (nSPS) is 10.3. The van der Waals surface area contributed by atoms with Gasteiger partial charge in [0.05, 0.1) is 13.2 Å². The van der Waals surface area contributed by atoms with Crippen LogP contribution in [-0.4, -0.2) is 49.3 Å². The topological polar surface area (TPSA) is 49.8 Å². The third kappa shape index (κ3) is 4.46. The number of aliphatic hydroxyl groups excluding tert-OH is 1. The molecule has 0 aliphatic carbocycles. The van der Waals surface area contributed by atoms with Crippen molar-refractivity contribution in [2.75, 3.05) is 33.4 Å². The number of methoxy groups -OCH3 is 1. The molecule has 0 aliphatic rings. The molecule has 0 saturated heterocycles. The Morgan fingerprint density at radius 1 is 1.35 bits per heavy atom. The first-order valence-corrected chi connectivity index (χ1v) is 6.13. The number of hydrogen-bond acceptors (Lipinski definition) is 3. The van der Waals surface area contributed by atoms with E-state index in [-0.39, 0.29) is 12.5 Å². The summed E-state index contributed by atoms with van der Waals surface area (Å²) in [6.07, 6.45) is 0. The van der Waals surface area contributed by atoms with Gasteiger partial charge in [0, 0.05) is 30.2 Å².